The van der Waals surface area contributed by atoms with Crippen molar-refractivity contribution in [1.29, 1.82) is 0 Å². The lowest BCUT2D eigenvalue weighted by Crippen LogP contribution is -2.56. The van der Waals surface area contributed by atoms with Crippen molar-refractivity contribution < 1.29 is 48.3 Å². The van der Waals surface area contributed by atoms with Gasteiger partial charge in [-0.2, -0.15) is 0 Å². The molecule has 2 amide bonds. The van der Waals surface area contributed by atoms with E-state index in [1.54, 1.807) is 31.2 Å². The van der Waals surface area contributed by atoms with Gasteiger partial charge in [-0.1, -0.05) is 13.0 Å². The quantitative estimate of drug-likeness (QED) is 0.278. The molecule has 0 spiro atoms. The zero-order valence-corrected chi connectivity index (χ0v) is 22.5. The lowest BCUT2D eigenvalue weighted by Gasteiger charge is -2.40. The fourth-order valence-electron chi connectivity index (χ4n) is 5.42. The molecule has 0 fully saturated rings. The van der Waals surface area contributed by atoms with Gasteiger partial charge in [-0.15, -0.1) is 0 Å². The first-order valence-corrected chi connectivity index (χ1v) is 13.2. The number of aldehydes is 1. The predicted octanol–water partition coefficient (Wildman–Crippen LogP) is 0.867. The Balaban J connectivity index is 1.60. The fraction of sp³-hybridized carbons (Fsp3) is 0.379. The molecule has 12 nitrogen and oxygen atoms in total. The van der Waals surface area contributed by atoms with E-state index in [9.17, 15) is 29.4 Å². The highest BCUT2D eigenvalue weighted by molar-refractivity contribution is 6.36. The van der Waals surface area contributed by atoms with Gasteiger partial charge in [0, 0.05) is 36.2 Å². The molecule has 12 heteroatoms. The predicted molar refractivity (Wildman–Crippen MR) is 142 cm³/mol. The van der Waals surface area contributed by atoms with Gasteiger partial charge in [0.1, 0.15) is 18.5 Å². The van der Waals surface area contributed by atoms with Crippen LogP contribution in [0.2, 0.25) is 0 Å². The van der Waals surface area contributed by atoms with Gasteiger partial charge in [-0.3, -0.25) is 19.2 Å². The van der Waals surface area contributed by atoms with Crippen molar-refractivity contribution in [3.63, 3.8) is 0 Å². The zero-order chi connectivity index (χ0) is 29.3. The van der Waals surface area contributed by atoms with Crippen molar-refractivity contribution in [3.05, 3.63) is 58.7 Å². The minimum absolute atomic E-state index is 0.0413. The molecule has 2 aliphatic heterocycles. The van der Waals surface area contributed by atoms with Crippen LogP contribution in [0.25, 0.3) is 0 Å². The zero-order valence-electron chi connectivity index (χ0n) is 22.5. The number of Topliss-reactive ketones (excluding diaryl/α,β-unsaturated/α-hetero) is 1. The molecule has 0 radical (unpaired) electrons. The summed E-state index contributed by atoms with van der Waals surface area (Å²) in [5.41, 5.74) is 1.49. The van der Waals surface area contributed by atoms with Crippen molar-refractivity contribution in [3.8, 4) is 23.0 Å². The minimum Gasteiger partial charge on any atom is -0.493 e. The van der Waals surface area contributed by atoms with Crippen molar-refractivity contribution >= 4 is 23.9 Å². The highest BCUT2D eigenvalue weighted by Crippen LogP contribution is 2.51. The van der Waals surface area contributed by atoms with E-state index in [-0.39, 0.29) is 55.5 Å². The third-order valence-electron chi connectivity index (χ3n) is 7.38. The molecular weight excluding hydrogens is 536 g/mol. The van der Waals surface area contributed by atoms with E-state index >= 15 is 0 Å². The number of aliphatic hydroxyl groups excluding tert-OH is 2. The van der Waals surface area contributed by atoms with Crippen molar-refractivity contribution in [2.24, 2.45) is 0 Å². The van der Waals surface area contributed by atoms with E-state index in [0.717, 1.165) is 0 Å². The molecule has 0 aromatic heterocycles. The number of amides is 2. The van der Waals surface area contributed by atoms with E-state index < -0.39 is 41.8 Å². The Morgan fingerprint density at radius 1 is 1.17 bits per heavy atom. The van der Waals surface area contributed by atoms with Gasteiger partial charge in [0.25, 0.3) is 5.91 Å². The van der Waals surface area contributed by atoms with Gasteiger partial charge in [0.15, 0.2) is 23.0 Å². The Hall–Kier alpha value is -4.42. The molecule has 1 aliphatic carbocycles. The molecule has 2 aromatic carbocycles. The van der Waals surface area contributed by atoms with Gasteiger partial charge in [0.2, 0.25) is 18.5 Å². The van der Waals surface area contributed by atoms with Crippen LogP contribution in [-0.4, -0.2) is 84.3 Å². The first-order chi connectivity index (χ1) is 19.8. The maximum atomic E-state index is 13.4. The van der Waals surface area contributed by atoms with Crippen LogP contribution >= 0.6 is 0 Å². The molecule has 3 N–H and O–H groups in total. The lowest BCUT2D eigenvalue weighted by molar-refractivity contribution is -0.148. The highest BCUT2D eigenvalue weighted by Gasteiger charge is 2.51. The number of ether oxygens (including phenoxy) is 4. The maximum absolute atomic E-state index is 13.4. The van der Waals surface area contributed by atoms with E-state index in [4.69, 9.17) is 18.9 Å². The fourth-order valence-corrected chi connectivity index (χ4v) is 5.42. The Kier molecular flexibility index (Phi) is 7.95. The second kappa shape index (κ2) is 11.6. The summed E-state index contributed by atoms with van der Waals surface area (Å²) >= 11 is 0. The maximum Gasteiger partial charge on any atom is 0.290 e. The lowest BCUT2D eigenvalue weighted by atomic mass is 9.77. The van der Waals surface area contributed by atoms with Gasteiger partial charge in [-0.25, -0.2) is 0 Å². The number of fused-ring (bicyclic) bond motifs is 4. The Morgan fingerprint density at radius 2 is 1.95 bits per heavy atom. The molecule has 5 rings (SSSR count). The third-order valence-corrected chi connectivity index (χ3v) is 7.38. The first kappa shape index (κ1) is 28.1. The summed E-state index contributed by atoms with van der Waals surface area (Å²) in [7, 11) is 1.40. The van der Waals surface area contributed by atoms with E-state index in [1.165, 1.54) is 24.2 Å². The number of aliphatic hydroxyl groups is 2. The number of nitrogens with zero attached hydrogens (tertiary/aromatic N) is 1. The standard InChI is InChI=1S/C29H30N2O10/c1-3-20(34)29(37)31(12-15-4-5-21-22(9-15)40-14-39-21)19-11-18(28(36)30-6-7-32)24-17-8-16(13-33)10-23(38-2)26(17)41-27(24)25(19)35/h4-5,8-11,13,19,24-25,27,32,35H,3,6-7,12,14H2,1-2H3,(H,30,36). The molecular formula is C29H30N2O10. The molecule has 2 aromatic rings. The van der Waals surface area contributed by atoms with Gasteiger partial charge < -0.3 is 39.4 Å². The summed E-state index contributed by atoms with van der Waals surface area (Å²) in [5.74, 6) is -1.38. The molecule has 4 unspecified atom stereocenters. The van der Waals surface area contributed by atoms with Crippen LogP contribution in [0.3, 0.4) is 0 Å². The Bertz CT molecular complexity index is 1420. The van der Waals surface area contributed by atoms with E-state index in [1.807, 2.05) is 0 Å². The van der Waals surface area contributed by atoms with Crippen molar-refractivity contribution in [1.82, 2.24) is 10.2 Å². The summed E-state index contributed by atoms with van der Waals surface area (Å²) in [6.07, 6.45) is -0.421. The number of rotatable bonds is 10. The highest BCUT2D eigenvalue weighted by atomic mass is 16.7. The van der Waals surface area contributed by atoms with Crippen LogP contribution in [-0.2, 0) is 20.9 Å². The van der Waals surface area contributed by atoms with Crippen LogP contribution in [0.1, 0.15) is 40.7 Å². The molecule has 41 heavy (non-hydrogen) atoms. The van der Waals surface area contributed by atoms with Crippen LogP contribution in [0, 0.1) is 0 Å². The third kappa shape index (κ3) is 5.11. The largest absolute Gasteiger partial charge is 0.493 e. The second-order valence-corrected chi connectivity index (χ2v) is 9.80. The van der Waals surface area contributed by atoms with Crippen LogP contribution in [0.4, 0.5) is 0 Å². The molecule has 0 saturated heterocycles. The van der Waals surface area contributed by atoms with Crippen LogP contribution in [0.15, 0.2) is 42.0 Å². The normalized spacial score (nSPS) is 21.6. The minimum atomic E-state index is -1.38. The molecule has 0 bridgehead atoms. The van der Waals surface area contributed by atoms with Crippen LogP contribution in [0.5, 0.6) is 23.0 Å². The van der Waals surface area contributed by atoms with Crippen molar-refractivity contribution in [2.75, 3.05) is 27.1 Å². The number of carbonyl (C=O) groups excluding carboxylic acids is 4. The average molecular weight is 567 g/mol. The summed E-state index contributed by atoms with van der Waals surface area (Å²) < 4.78 is 22.4. The number of benzene rings is 2. The average Bonchev–Trinajstić information content (AvgIpc) is 3.62. The molecule has 3 aliphatic rings. The monoisotopic (exact) mass is 566 g/mol. The number of hydrogen-bond donors (Lipinski definition) is 3. The topological polar surface area (TPSA) is 161 Å². The smallest absolute Gasteiger partial charge is 0.290 e. The summed E-state index contributed by atoms with van der Waals surface area (Å²) in [4.78, 5) is 52.4. The van der Waals surface area contributed by atoms with Crippen LogP contribution < -0.4 is 24.3 Å². The SMILES string of the molecule is CCC(=O)C(=O)N(Cc1ccc2c(c1)OCO2)C1C=C(C(=O)NCCO)C2c3cc(C=O)cc(OC)c3OC2C1O. The Labute approximate surface area is 235 Å². The van der Waals surface area contributed by atoms with Crippen molar-refractivity contribution in [2.45, 2.75) is 44.1 Å². The second-order valence-electron chi connectivity index (χ2n) is 9.80. The number of methoxy groups -OCH3 is 1. The summed E-state index contributed by atoms with van der Waals surface area (Å²) in [5, 5.41) is 23.6. The molecule has 0 saturated carbocycles. The first-order valence-electron chi connectivity index (χ1n) is 13.2. The van der Waals surface area contributed by atoms with Gasteiger partial charge in [0.05, 0.1) is 25.7 Å². The number of ketones is 1. The van der Waals surface area contributed by atoms with E-state index in [2.05, 4.69) is 5.32 Å². The number of carbonyl (C=O) groups is 4. The van der Waals surface area contributed by atoms with Gasteiger partial charge in [-0.05, 0) is 35.9 Å². The summed E-state index contributed by atoms with van der Waals surface area (Å²) in [6.45, 7) is 1.18. The van der Waals surface area contributed by atoms with Gasteiger partial charge >= 0.3 is 0 Å². The van der Waals surface area contributed by atoms with E-state index in [0.29, 0.717) is 28.9 Å². The molecule has 2 heterocycles. The Morgan fingerprint density at radius 3 is 2.66 bits per heavy atom. The number of nitrogens with one attached hydrogen (secondary N) is 1. The number of hydrogen-bond acceptors (Lipinski definition) is 10. The molecule has 216 valence electrons. The molecule has 4 atom stereocenters. The summed E-state index contributed by atoms with van der Waals surface area (Å²) in [6, 6.07) is 6.99.